The van der Waals surface area contributed by atoms with E-state index in [0.717, 1.165) is 0 Å². The molecule has 7 nitrogen and oxygen atoms in total. The molecule has 1 amide bonds. The largest absolute Gasteiger partial charge is 0.508 e. The van der Waals surface area contributed by atoms with E-state index in [4.69, 9.17) is 21.1 Å². The van der Waals surface area contributed by atoms with E-state index in [1.54, 1.807) is 12.1 Å². The van der Waals surface area contributed by atoms with Crippen LogP contribution in [0.1, 0.15) is 5.56 Å². The predicted molar refractivity (Wildman–Crippen MR) is 66.4 cm³/mol. The molecular formula is C12H16N2O5. The lowest BCUT2D eigenvalue weighted by Gasteiger charge is -2.16. The van der Waals surface area contributed by atoms with Gasteiger partial charge in [-0.05, 0) is 17.7 Å². The topological polar surface area (TPSA) is 133 Å². The van der Waals surface area contributed by atoms with Crippen molar-refractivity contribution in [3.05, 3.63) is 29.8 Å². The highest BCUT2D eigenvalue weighted by molar-refractivity contribution is 5.87. The second-order valence-corrected chi connectivity index (χ2v) is 4.06. The van der Waals surface area contributed by atoms with Gasteiger partial charge < -0.3 is 26.4 Å². The first kappa shape index (κ1) is 14.9. The average molecular weight is 268 g/mol. The van der Waals surface area contributed by atoms with Crippen LogP contribution in [0.2, 0.25) is 0 Å². The third kappa shape index (κ3) is 4.57. The molecule has 0 aliphatic rings. The minimum absolute atomic E-state index is 0.0551. The Morgan fingerprint density at radius 3 is 2.32 bits per heavy atom. The van der Waals surface area contributed by atoms with Crippen LogP contribution in [0.4, 0.5) is 0 Å². The van der Waals surface area contributed by atoms with E-state index in [-0.39, 0.29) is 12.2 Å². The summed E-state index contributed by atoms with van der Waals surface area (Å²) in [6.07, 6.45) is 0.0551. The first-order valence-corrected chi connectivity index (χ1v) is 5.61. The van der Waals surface area contributed by atoms with Gasteiger partial charge in [0.2, 0.25) is 5.91 Å². The lowest BCUT2D eigenvalue weighted by Crippen LogP contribution is -2.50. The van der Waals surface area contributed by atoms with Gasteiger partial charge in [0.15, 0.2) is 0 Å². The quantitative estimate of drug-likeness (QED) is 0.441. The number of rotatable bonds is 6. The fraction of sp³-hybridized carbons (Fsp3) is 0.333. The van der Waals surface area contributed by atoms with E-state index in [2.05, 4.69) is 5.32 Å². The number of phenolic OH excluding ortho intramolecular Hbond substituents is 1. The van der Waals surface area contributed by atoms with Gasteiger partial charge in [0.05, 0.1) is 6.61 Å². The molecule has 1 aromatic rings. The van der Waals surface area contributed by atoms with Gasteiger partial charge in [-0.1, -0.05) is 12.1 Å². The second-order valence-electron chi connectivity index (χ2n) is 4.06. The summed E-state index contributed by atoms with van der Waals surface area (Å²) < 4.78 is 0. The number of aliphatic hydroxyl groups is 1. The molecule has 0 spiro atoms. The van der Waals surface area contributed by atoms with Crippen molar-refractivity contribution in [2.45, 2.75) is 18.5 Å². The maximum atomic E-state index is 11.4. The number of phenols is 1. The standard InChI is InChI=1S/C12H16N2O5/c13-9(6-15)11(17)14-10(12(18)19)5-7-1-3-8(16)4-2-7/h1-4,9-10,15-16H,5-6,13H2,(H,14,17)(H,18,19)/t9-,10+/m1/s1. The Bertz CT molecular complexity index is 446. The highest BCUT2D eigenvalue weighted by Crippen LogP contribution is 2.11. The van der Waals surface area contributed by atoms with Crippen molar-refractivity contribution in [2.75, 3.05) is 6.61 Å². The lowest BCUT2D eigenvalue weighted by atomic mass is 10.1. The van der Waals surface area contributed by atoms with Gasteiger partial charge in [-0.15, -0.1) is 0 Å². The number of aromatic hydroxyl groups is 1. The van der Waals surface area contributed by atoms with E-state index in [1.165, 1.54) is 12.1 Å². The van der Waals surface area contributed by atoms with E-state index in [0.29, 0.717) is 5.56 Å². The fourth-order valence-electron chi connectivity index (χ4n) is 1.43. The van der Waals surface area contributed by atoms with Crippen LogP contribution in [0.5, 0.6) is 5.75 Å². The summed E-state index contributed by atoms with van der Waals surface area (Å²) in [4.78, 5) is 22.5. The molecule has 0 heterocycles. The number of benzene rings is 1. The molecule has 0 unspecified atom stereocenters. The summed E-state index contributed by atoms with van der Waals surface area (Å²) in [5.41, 5.74) is 5.93. The first-order valence-electron chi connectivity index (χ1n) is 5.61. The van der Waals surface area contributed by atoms with Crippen LogP contribution in [0.25, 0.3) is 0 Å². The van der Waals surface area contributed by atoms with Gasteiger partial charge in [-0.25, -0.2) is 4.79 Å². The Hall–Kier alpha value is -2.12. The molecule has 2 atom stereocenters. The van der Waals surface area contributed by atoms with Crippen molar-refractivity contribution < 1.29 is 24.9 Å². The van der Waals surface area contributed by atoms with Crippen LogP contribution in [-0.4, -0.2) is 45.9 Å². The summed E-state index contributed by atoms with van der Waals surface area (Å²) in [5.74, 6) is -1.86. The highest BCUT2D eigenvalue weighted by Gasteiger charge is 2.23. The van der Waals surface area contributed by atoms with Crippen molar-refractivity contribution in [2.24, 2.45) is 5.73 Å². The third-order valence-corrected chi connectivity index (χ3v) is 2.52. The van der Waals surface area contributed by atoms with E-state index < -0.39 is 30.6 Å². The summed E-state index contributed by atoms with van der Waals surface area (Å²) in [5, 5.41) is 29.1. The number of hydrogen-bond acceptors (Lipinski definition) is 5. The summed E-state index contributed by atoms with van der Waals surface area (Å²) in [6, 6.07) is 3.68. The molecule has 7 heteroatoms. The normalized spacial score (nSPS) is 13.6. The molecule has 0 aromatic heterocycles. The predicted octanol–water partition coefficient (Wildman–Crippen LogP) is -1.18. The van der Waals surface area contributed by atoms with E-state index >= 15 is 0 Å². The molecule has 0 aliphatic heterocycles. The van der Waals surface area contributed by atoms with Crippen molar-refractivity contribution in [1.82, 2.24) is 5.32 Å². The number of hydrogen-bond donors (Lipinski definition) is 5. The van der Waals surface area contributed by atoms with Crippen molar-refractivity contribution >= 4 is 11.9 Å². The van der Waals surface area contributed by atoms with E-state index in [1.807, 2.05) is 0 Å². The van der Waals surface area contributed by atoms with Crippen molar-refractivity contribution in [1.29, 1.82) is 0 Å². The van der Waals surface area contributed by atoms with Crippen molar-refractivity contribution in [3.63, 3.8) is 0 Å². The minimum atomic E-state index is -1.20. The van der Waals surface area contributed by atoms with E-state index in [9.17, 15) is 9.59 Å². The Morgan fingerprint density at radius 2 is 1.84 bits per heavy atom. The summed E-state index contributed by atoms with van der Waals surface area (Å²) in [7, 11) is 0. The smallest absolute Gasteiger partial charge is 0.326 e. The van der Waals surface area contributed by atoms with Gasteiger partial charge >= 0.3 is 5.97 Å². The molecule has 0 aliphatic carbocycles. The summed E-state index contributed by atoms with van der Waals surface area (Å²) >= 11 is 0. The fourth-order valence-corrected chi connectivity index (χ4v) is 1.43. The number of nitrogens with two attached hydrogens (primary N) is 1. The zero-order valence-corrected chi connectivity index (χ0v) is 10.1. The maximum Gasteiger partial charge on any atom is 0.326 e. The van der Waals surface area contributed by atoms with Gasteiger partial charge in [0.1, 0.15) is 17.8 Å². The number of aliphatic hydroxyl groups excluding tert-OH is 1. The zero-order valence-electron chi connectivity index (χ0n) is 10.1. The van der Waals surface area contributed by atoms with Crippen LogP contribution >= 0.6 is 0 Å². The van der Waals surface area contributed by atoms with Gasteiger partial charge in [-0.3, -0.25) is 4.79 Å². The third-order valence-electron chi connectivity index (χ3n) is 2.52. The Balaban J connectivity index is 2.71. The SMILES string of the molecule is N[C@H](CO)C(=O)N[C@@H](Cc1ccc(O)cc1)C(=O)O. The molecule has 0 bridgehead atoms. The molecule has 0 saturated heterocycles. The van der Waals surface area contributed by atoms with Gasteiger partial charge in [-0.2, -0.15) is 0 Å². The Labute approximate surface area is 109 Å². The monoisotopic (exact) mass is 268 g/mol. The molecule has 1 rings (SSSR count). The molecule has 0 saturated carbocycles. The van der Waals surface area contributed by atoms with Gasteiger partial charge in [0, 0.05) is 6.42 Å². The molecule has 6 N–H and O–H groups in total. The van der Waals surface area contributed by atoms with Crippen LogP contribution in [0, 0.1) is 0 Å². The van der Waals surface area contributed by atoms with Gasteiger partial charge in [0.25, 0.3) is 0 Å². The Kier molecular flexibility index (Phi) is 5.28. The number of carboxylic acid groups (broad SMARTS) is 1. The summed E-state index contributed by atoms with van der Waals surface area (Å²) in [6.45, 7) is -0.558. The van der Waals surface area contributed by atoms with Crippen LogP contribution in [-0.2, 0) is 16.0 Å². The molecule has 0 radical (unpaired) electrons. The Morgan fingerprint density at radius 1 is 1.26 bits per heavy atom. The first-order chi connectivity index (χ1) is 8.93. The van der Waals surface area contributed by atoms with Crippen LogP contribution in [0.15, 0.2) is 24.3 Å². The maximum absolute atomic E-state index is 11.4. The molecule has 1 aromatic carbocycles. The number of nitrogens with one attached hydrogen (secondary N) is 1. The molecule has 19 heavy (non-hydrogen) atoms. The number of carboxylic acids is 1. The molecule has 0 fully saturated rings. The second kappa shape index (κ2) is 6.72. The van der Waals surface area contributed by atoms with Crippen LogP contribution in [0.3, 0.4) is 0 Å². The average Bonchev–Trinajstić information content (AvgIpc) is 2.39. The molecule has 104 valence electrons. The molecular weight excluding hydrogens is 252 g/mol. The minimum Gasteiger partial charge on any atom is -0.508 e. The number of aliphatic carboxylic acids is 1. The number of amides is 1. The number of carbonyl (C=O) groups excluding carboxylic acids is 1. The number of carbonyl (C=O) groups is 2. The highest BCUT2D eigenvalue weighted by atomic mass is 16.4. The van der Waals surface area contributed by atoms with Crippen LogP contribution < -0.4 is 11.1 Å². The lowest BCUT2D eigenvalue weighted by molar-refractivity contribution is -0.142. The van der Waals surface area contributed by atoms with Crippen molar-refractivity contribution in [3.8, 4) is 5.75 Å². The zero-order chi connectivity index (χ0) is 14.4.